The van der Waals surface area contributed by atoms with Gasteiger partial charge in [-0.1, -0.05) is 31.8 Å². The number of ether oxygens (including phenoxy) is 1. The van der Waals surface area contributed by atoms with E-state index in [9.17, 15) is 24.3 Å². The van der Waals surface area contributed by atoms with E-state index in [1.54, 1.807) is 5.38 Å². The lowest BCUT2D eigenvalue weighted by Gasteiger charge is -2.49. The van der Waals surface area contributed by atoms with Crippen LogP contribution in [0.25, 0.3) is 5.57 Å². The van der Waals surface area contributed by atoms with Gasteiger partial charge in [0.15, 0.2) is 5.13 Å². The topological polar surface area (TPSA) is 152 Å². The van der Waals surface area contributed by atoms with Crippen LogP contribution in [0.2, 0.25) is 0 Å². The number of fused-ring (bicyclic) bond motifs is 1. The fourth-order valence-corrected chi connectivity index (χ4v) is 6.35. The molecule has 0 aromatic carbocycles. The van der Waals surface area contributed by atoms with Crippen LogP contribution in [0.4, 0.5) is 5.13 Å². The number of amides is 2. The summed E-state index contributed by atoms with van der Waals surface area (Å²) >= 11 is 2.55. The van der Waals surface area contributed by atoms with Crippen molar-refractivity contribution in [3.8, 4) is 0 Å². The van der Waals surface area contributed by atoms with Gasteiger partial charge < -0.3 is 20.9 Å². The summed E-state index contributed by atoms with van der Waals surface area (Å²) in [6.07, 6.45) is 7.24. The highest BCUT2D eigenvalue weighted by Gasteiger charge is 2.54. The van der Waals surface area contributed by atoms with E-state index >= 15 is 0 Å². The van der Waals surface area contributed by atoms with Crippen LogP contribution in [0.1, 0.15) is 44.7 Å². The third kappa shape index (κ3) is 4.97. The second kappa shape index (κ2) is 10.2. The summed E-state index contributed by atoms with van der Waals surface area (Å²) in [5.74, 6) is -1.98. The Balaban J connectivity index is 1.50. The molecule has 1 aromatic heterocycles. The SMILES string of the molecule is CC(=O)OCC1=C(C(=O)O)N2C(=O)[C@@H](NC(=O)/C(=C\CC3CCCC3)c3csc(N)n3)[C@H]2SC1. The molecule has 3 aliphatic rings. The van der Waals surface area contributed by atoms with Gasteiger partial charge in [-0.2, -0.15) is 0 Å². The van der Waals surface area contributed by atoms with Crippen LogP contribution in [0, 0.1) is 5.92 Å². The highest BCUT2D eigenvalue weighted by Crippen LogP contribution is 2.40. The van der Waals surface area contributed by atoms with Crippen molar-refractivity contribution in [2.24, 2.45) is 5.92 Å². The number of rotatable bonds is 8. The van der Waals surface area contributed by atoms with Gasteiger partial charge in [-0.3, -0.25) is 19.3 Å². The molecule has 12 heteroatoms. The molecule has 2 atom stereocenters. The van der Waals surface area contributed by atoms with E-state index in [0.29, 0.717) is 27.9 Å². The van der Waals surface area contributed by atoms with Crippen molar-refractivity contribution < 1.29 is 29.0 Å². The molecule has 0 radical (unpaired) electrons. The first kappa shape index (κ1) is 24.3. The Hall–Kier alpha value is -2.86. The van der Waals surface area contributed by atoms with E-state index in [-0.39, 0.29) is 18.1 Å². The zero-order valence-corrected chi connectivity index (χ0v) is 20.2. The number of allylic oxidation sites excluding steroid dienone is 1. The fraction of sp³-hybridized carbons (Fsp3) is 0.500. The number of carboxylic acid groups (broad SMARTS) is 1. The number of carbonyl (C=O) groups excluding carboxylic acids is 3. The number of hydrogen-bond donors (Lipinski definition) is 3. The number of nitrogens with one attached hydrogen (secondary N) is 1. The van der Waals surface area contributed by atoms with Gasteiger partial charge in [0.1, 0.15) is 23.7 Å². The Labute approximate surface area is 204 Å². The summed E-state index contributed by atoms with van der Waals surface area (Å²) in [6.45, 7) is 1.03. The van der Waals surface area contributed by atoms with Gasteiger partial charge >= 0.3 is 11.9 Å². The van der Waals surface area contributed by atoms with Crippen molar-refractivity contribution in [3.05, 3.63) is 28.4 Å². The molecule has 4 rings (SSSR count). The predicted octanol–water partition coefficient (Wildman–Crippen LogP) is 1.99. The molecule has 182 valence electrons. The summed E-state index contributed by atoms with van der Waals surface area (Å²) in [5, 5.41) is 14.0. The van der Waals surface area contributed by atoms with Crippen LogP contribution in [0.5, 0.6) is 0 Å². The average molecular weight is 507 g/mol. The van der Waals surface area contributed by atoms with Crippen molar-refractivity contribution in [1.82, 2.24) is 15.2 Å². The molecule has 1 saturated heterocycles. The minimum absolute atomic E-state index is 0.190. The third-order valence-electron chi connectivity index (χ3n) is 6.16. The number of aliphatic carboxylic acids is 1. The minimum atomic E-state index is -1.28. The van der Waals surface area contributed by atoms with E-state index < -0.39 is 35.2 Å². The van der Waals surface area contributed by atoms with E-state index in [4.69, 9.17) is 10.5 Å². The van der Waals surface area contributed by atoms with Gasteiger partial charge in [0.05, 0.1) is 11.3 Å². The number of nitrogen functional groups attached to an aromatic ring is 1. The molecule has 2 fully saturated rings. The van der Waals surface area contributed by atoms with Gasteiger partial charge in [0.25, 0.3) is 11.8 Å². The number of nitrogens with zero attached hydrogens (tertiary/aromatic N) is 2. The number of carboxylic acids is 1. The Morgan fingerprint density at radius 3 is 2.71 bits per heavy atom. The molecular weight excluding hydrogens is 480 g/mol. The smallest absolute Gasteiger partial charge is 0.352 e. The van der Waals surface area contributed by atoms with E-state index in [1.807, 2.05) is 6.08 Å². The first-order valence-corrected chi connectivity index (χ1v) is 12.9. The lowest BCUT2D eigenvalue weighted by Crippen LogP contribution is -2.70. The number of thiazole rings is 1. The molecule has 1 aromatic rings. The molecule has 1 aliphatic carbocycles. The standard InChI is InChI=1S/C22H26N4O6S2/c1-11(27)32-8-13-9-33-20-16(19(29)26(20)17(13)21(30)31)25-18(28)14(15-10-34-22(23)24-15)7-6-12-4-2-3-5-12/h7,10,12,16,20H,2-6,8-9H2,1H3,(H2,23,24)(H,25,28)(H,30,31)/b14-7-/t16-,20-/m1/s1. The predicted molar refractivity (Wildman–Crippen MR) is 127 cm³/mol. The highest BCUT2D eigenvalue weighted by atomic mass is 32.2. The number of esters is 1. The zero-order valence-electron chi connectivity index (χ0n) is 18.6. The lowest BCUT2D eigenvalue weighted by molar-refractivity contribution is -0.150. The Morgan fingerprint density at radius 1 is 1.35 bits per heavy atom. The molecule has 2 aliphatic heterocycles. The minimum Gasteiger partial charge on any atom is -0.477 e. The van der Waals surface area contributed by atoms with Gasteiger partial charge in [-0.15, -0.1) is 23.1 Å². The number of hydrogen-bond acceptors (Lipinski definition) is 9. The third-order valence-corrected chi connectivity index (χ3v) is 8.17. The van der Waals surface area contributed by atoms with E-state index in [1.165, 1.54) is 42.9 Å². The van der Waals surface area contributed by atoms with Crippen LogP contribution < -0.4 is 11.1 Å². The van der Waals surface area contributed by atoms with Crippen molar-refractivity contribution >= 4 is 57.6 Å². The van der Waals surface area contributed by atoms with E-state index in [2.05, 4.69) is 10.3 Å². The average Bonchev–Trinajstić information content (AvgIpc) is 3.47. The summed E-state index contributed by atoms with van der Waals surface area (Å²) in [4.78, 5) is 54.5. The number of β-lactam (4-membered cyclic amide) rings is 1. The number of anilines is 1. The van der Waals surface area contributed by atoms with Gasteiger partial charge in [-0.25, -0.2) is 9.78 Å². The first-order valence-electron chi connectivity index (χ1n) is 11.0. The summed E-state index contributed by atoms with van der Waals surface area (Å²) in [6, 6.07) is -0.868. The lowest BCUT2D eigenvalue weighted by atomic mass is 9.99. The largest absolute Gasteiger partial charge is 0.477 e. The maximum absolute atomic E-state index is 13.2. The zero-order chi connectivity index (χ0) is 24.4. The van der Waals surface area contributed by atoms with E-state index in [0.717, 1.165) is 24.2 Å². The monoisotopic (exact) mass is 506 g/mol. The van der Waals surface area contributed by atoms with Crippen LogP contribution >= 0.6 is 23.1 Å². The van der Waals surface area contributed by atoms with Crippen LogP contribution in [0.3, 0.4) is 0 Å². The fourth-order valence-electron chi connectivity index (χ4n) is 4.46. The summed E-state index contributed by atoms with van der Waals surface area (Å²) < 4.78 is 4.94. The highest BCUT2D eigenvalue weighted by molar-refractivity contribution is 8.00. The van der Waals surface area contributed by atoms with Gasteiger partial charge in [0, 0.05) is 23.6 Å². The molecule has 1 saturated carbocycles. The van der Waals surface area contributed by atoms with Crippen molar-refractivity contribution in [3.63, 3.8) is 0 Å². The number of nitrogens with two attached hydrogens (primary N) is 1. The Morgan fingerprint density at radius 2 is 2.09 bits per heavy atom. The van der Waals surface area contributed by atoms with Crippen LogP contribution in [-0.4, -0.2) is 62.5 Å². The molecule has 3 heterocycles. The summed E-state index contributed by atoms with van der Waals surface area (Å²) in [7, 11) is 0. The molecule has 34 heavy (non-hydrogen) atoms. The van der Waals surface area contributed by atoms with Crippen molar-refractivity contribution in [1.29, 1.82) is 0 Å². The quantitative estimate of drug-likeness (QED) is 0.273. The maximum Gasteiger partial charge on any atom is 0.352 e. The Bertz CT molecular complexity index is 1080. The van der Waals surface area contributed by atoms with Gasteiger partial charge in [0.2, 0.25) is 0 Å². The molecule has 10 nitrogen and oxygen atoms in total. The van der Waals surface area contributed by atoms with Crippen molar-refractivity contribution in [2.75, 3.05) is 18.1 Å². The second-order valence-electron chi connectivity index (χ2n) is 8.47. The molecule has 0 bridgehead atoms. The summed E-state index contributed by atoms with van der Waals surface area (Å²) in [5.41, 5.74) is 6.77. The molecule has 0 unspecified atom stereocenters. The number of thioether (sulfide) groups is 1. The number of carbonyl (C=O) groups is 4. The van der Waals surface area contributed by atoms with Gasteiger partial charge in [-0.05, 0) is 12.3 Å². The van der Waals surface area contributed by atoms with Crippen molar-refractivity contribution in [2.45, 2.75) is 50.4 Å². The molecule has 0 spiro atoms. The molecule has 4 N–H and O–H groups in total. The maximum atomic E-state index is 13.2. The first-order chi connectivity index (χ1) is 16.3. The molecule has 2 amide bonds. The second-order valence-corrected chi connectivity index (χ2v) is 10.5. The normalized spacial score (nSPS) is 22.9. The number of aromatic nitrogens is 1. The molecular formula is C22H26N4O6S2. The van der Waals surface area contributed by atoms with Crippen LogP contribution in [0.15, 0.2) is 22.7 Å². The Kier molecular flexibility index (Phi) is 7.27. The van der Waals surface area contributed by atoms with Crippen LogP contribution in [-0.2, 0) is 23.9 Å².